The Kier molecular flexibility index (Phi) is 4.53. The summed E-state index contributed by atoms with van der Waals surface area (Å²) in [6, 6.07) is -0.243. The van der Waals surface area contributed by atoms with Gasteiger partial charge in [-0.15, -0.1) is 0 Å². The van der Waals surface area contributed by atoms with Gasteiger partial charge in [0, 0.05) is 12.8 Å². The van der Waals surface area contributed by atoms with Crippen molar-refractivity contribution in [2.45, 2.75) is 25.8 Å². The zero-order chi connectivity index (χ0) is 13.1. The molecule has 0 aliphatic carbocycles. The second-order valence-electron chi connectivity index (χ2n) is 4.19. The summed E-state index contributed by atoms with van der Waals surface area (Å²) in [7, 11) is 0. The van der Waals surface area contributed by atoms with Crippen LogP contribution in [0.1, 0.15) is 19.8 Å². The van der Waals surface area contributed by atoms with Gasteiger partial charge in [0.15, 0.2) is 0 Å². The number of thiol groups is 1. The first-order chi connectivity index (χ1) is 7.95. The van der Waals surface area contributed by atoms with Crippen LogP contribution in [0.5, 0.6) is 0 Å². The molecule has 0 aromatic carbocycles. The Morgan fingerprint density at radius 2 is 2.12 bits per heavy atom. The molecule has 0 aromatic heterocycles. The maximum Gasteiger partial charge on any atom is 0.521 e. The van der Waals surface area contributed by atoms with Crippen molar-refractivity contribution in [3.05, 3.63) is 0 Å². The van der Waals surface area contributed by atoms with Crippen molar-refractivity contribution in [2.24, 2.45) is 0 Å². The minimum absolute atomic E-state index is 0.0180. The monoisotopic (exact) mass is 261 g/mol. The fraction of sp³-hybridized carbons (Fsp3) is 0.700. The fourth-order valence-corrected chi connectivity index (χ4v) is 2.32. The molecule has 6 nitrogen and oxygen atoms in total. The summed E-state index contributed by atoms with van der Waals surface area (Å²) in [5.41, 5.74) is 0. The van der Waals surface area contributed by atoms with Gasteiger partial charge in [-0.25, -0.2) is 4.79 Å². The molecule has 0 bridgehead atoms. The molecule has 2 N–H and O–H groups in total. The number of imide groups is 1. The zero-order valence-corrected chi connectivity index (χ0v) is 10.6. The topological polar surface area (TPSA) is 83.5 Å². The molecule has 1 heterocycles. The van der Waals surface area contributed by atoms with Crippen LogP contribution < -0.4 is 5.32 Å². The highest BCUT2D eigenvalue weighted by molar-refractivity contribution is 7.81. The third kappa shape index (κ3) is 2.61. The molecule has 2 atom stereocenters. The molecule has 1 aliphatic rings. The van der Waals surface area contributed by atoms with E-state index < -0.39 is 16.5 Å². The van der Waals surface area contributed by atoms with Crippen molar-refractivity contribution in [2.75, 3.05) is 18.8 Å². The smallest absolute Gasteiger partial charge is 0.435 e. The van der Waals surface area contributed by atoms with Gasteiger partial charge in [0.25, 0.3) is 0 Å². The van der Waals surface area contributed by atoms with Crippen molar-refractivity contribution < 1.29 is 24.0 Å². The number of carboxylic acid groups (broad SMARTS) is 1. The van der Waals surface area contributed by atoms with E-state index in [0.717, 1.165) is 0 Å². The van der Waals surface area contributed by atoms with Crippen molar-refractivity contribution >= 4 is 30.5 Å². The van der Waals surface area contributed by atoms with Crippen molar-refractivity contribution in [3.63, 3.8) is 0 Å². The standard InChI is InChI=1S/C10H16N2O4S/c1-7-3-2-4-12(7,10(15)16)9(14)5-11-8(13)6-17/h7H,2-6H2,1H3,(H2-,11,13,15,16,17)/p+1/t7-,12?/m1/s1. The molecule has 7 heteroatoms. The van der Waals surface area contributed by atoms with Gasteiger partial charge in [-0.05, 0) is 6.92 Å². The van der Waals surface area contributed by atoms with Crippen molar-refractivity contribution in [1.29, 1.82) is 0 Å². The van der Waals surface area contributed by atoms with Crippen molar-refractivity contribution in [3.8, 4) is 0 Å². The van der Waals surface area contributed by atoms with Gasteiger partial charge in [0.05, 0.1) is 12.3 Å². The van der Waals surface area contributed by atoms with Crippen LogP contribution in [-0.2, 0) is 9.59 Å². The van der Waals surface area contributed by atoms with E-state index in [1.165, 1.54) is 0 Å². The number of quaternary nitrogens is 1. The first-order valence-electron chi connectivity index (χ1n) is 5.47. The molecule has 1 unspecified atom stereocenters. The number of nitrogens with zero attached hydrogens (tertiary/aromatic N) is 1. The predicted molar refractivity (Wildman–Crippen MR) is 63.7 cm³/mol. The molecule has 3 amide bonds. The van der Waals surface area contributed by atoms with Gasteiger partial charge < -0.3 is 10.4 Å². The molecular weight excluding hydrogens is 244 g/mol. The fourth-order valence-electron chi connectivity index (χ4n) is 2.21. The second kappa shape index (κ2) is 5.50. The van der Waals surface area contributed by atoms with Crippen LogP contribution in [0.25, 0.3) is 0 Å². The molecule has 1 aliphatic heterocycles. The number of nitrogens with one attached hydrogen (secondary N) is 1. The van der Waals surface area contributed by atoms with E-state index >= 15 is 0 Å². The van der Waals surface area contributed by atoms with Crippen LogP contribution in [0.4, 0.5) is 4.79 Å². The van der Waals surface area contributed by atoms with Crippen LogP contribution in [0.15, 0.2) is 0 Å². The molecule has 1 fully saturated rings. The van der Waals surface area contributed by atoms with E-state index in [4.69, 9.17) is 0 Å². The molecule has 0 spiro atoms. The van der Waals surface area contributed by atoms with Gasteiger partial charge >= 0.3 is 12.0 Å². The largest absolute Gasteiger partial charge is 0.521 e. The number of likely N-dealkylation sites (tertiary alicyclic amines) is 1. The Hall–Kier alpha value is -1.08. The number of carbonyl (C=O) groups is 3. The van der Waals surface area contributed by atoms with E-state index in [2.05, 4.69) is 17.9 Å². The summed E-state index contributed by atoms with van der Waals surface area (Å²) in [5, 5.41) is 11.6. The summed E-state index contributed by atoms with van der Waals surface area (Å²) in [6.07, 6.45) is 0.276. The average molecular weight is 261 g/mol. The molecular formula is C10H17N2O4S+. The Balaban J connectivity index is 2.75. The number of amides is 3. The Morgan fingerprint density at radius 3 is 2.53 bits per heavy atom. The molecule has 0 aromatic rings. The van der Waals surface area contributed by atoms with Gasteiger partial charge in [0.2, 0.25) is 5.91 Å². The SMILES string of the molecule is C[C@@H]1CCC[N+]1(C(=O)O)C(=O)CNC(=O)CS. The quantitative estimate of drug-likeness (QED) is 0.502. The second-order valence-corrected chi connectivity index (χ2v) is 4.51. The lowest BCUT2D eigenvalue weighted by Crippen LogP contribution is -2.61. The zero-order valence-electron chi connectivity index (χ0n) is 9.68. The van der Waals surface area contributed by atoms with E-state index in [1.54, 1.807) is 6.92 Å². The summed E-state index contributed by atoms with van der Waals surface area (Å²) >= 11 is 3.76. The lowest BCUT2D eigenvalue weighted by Gasteiger charge is -2.29. The van der Waals surface area contributed by atoms with E-state index in [1.807, 2.05) is 0 Å². The maximum absolute atomic E-state index is 12.0. The van der Waals surface area contributed by atoms with Crippen LogP contribution in [0.2, 0.25) is 0 Å². The highest BCUT2D eigenvalue weighted by Crippen LogP contribution is 2.27. The summed E-state index contributed by atoms with van der Waals surface area (Å²) in [6.45, 7) is 1.79. The summed E-state index contributed by atoms with van der Waals surface area (Å²) in [5.74, 6) is -0.870. The number of carbonyl (C=O) groups excluding carboxylic acids is 2. The molecule has 96 valence electrons. The molecule has 0 radical (unpaired) electrons. The highest BCUT2D eigenvalue weighted by atomic mass is 32.1. The minimum atomic E-state index is -1.14. The Labute approximate surface area is 105 Å². The molecule has 1 rings (SSSR count). The van der Waals surface area contributed by atoms with Gasteiger partial charge in [-0.1, -0.05) is 0 Å². The summed E-state index contributed by atoms with van der Waals surface area (Å²) < 4.78 is -0.577. The number of hydrogen-bond donors (Lipinski definition) is 3. The first-order valence-corrected chi connectivity index (χ1v) is 6.10. The van der Waals surface area contributed by atoms with Crippen LogP contribution >= 0.6 is 12.6 Å². The molecule has 1 saturated heterocycles. The average Bonchev–Trinajstić information content (AvgIpc) is 2.68. The van der Waals surface area contributed by atoms with Crippen molar-refractivity contribution in [1.82, 2.24) is 5.32 Å². The lowest BCUT2D eigenvalue weighted by atomic mass is 10.2. The van der Waals surface area contributed by atoms with Gasteiger partial charge in [-0.3, -0.25) is 4.79 Å². The lowest BCUT2D eigenvalue weighted by molar-refractivity contribution is -0.791. The van der Waals surface area contributed by atoms with Gasteiger partial charge in [-0.2, -0.15) is 21.9 Å². The van der Waals surface area contributed by atoms with Crippen LogP contribution in [0, 0.1) is 0 Å². The predicted octanol–water partition coefficient (Wildman–Crippen LogP) is 0.236. The number of rotatable bonds is 3. The highest BCUT2D eigenvalue weighted by Gasteiger charge is 2.52. The number of hydrogen-bond acceptors (Lipinski definition) is 4. The van der Waals surface area contributed by atoms with Crippen LogP contribution in [-0.4, -0.2) is 52.4 Å². The third-order valence-corrected chi connectivity index (χ3v) is 3.54. The first kappa shape index (κ1) is 14.0. The van der Waals surface area contributed by atoms with Gasteiger partial charge in [0.1, 0.15) is 12.6 Å². The normalized spacial score (nSPS) is 27.8. The molecule has 17 heavy (non-hydrogen) atoms. The van der Waals surface area contributed by atoms with E-state index in [-0.39, 0.29) is 24.2 Å². The molecule has 0 saturated carbocycles. The Morgan fingerprint density at radius 1 is 1.47 bits per heavy atom. The van der Waals surface area contributed by atoms with E-state index in [0.29, 0.717) is 19.4 Å². The minimum Gasteiger partial charge on any atom is -0.435 e. The van der Waals surface area contributed by atoms with Crippen LogP contribution in [0.3, 0.4) is 0 Å². The van der Waals surface area contributed by atoms with E-state index in [9.17, 15) is 19.5 Å². The summed E-state index contributed by atoms with van der Waals surface area (Å²) in [4.78, 5) is 34.3. The Bertz CT molecular complexity index is 347. The maximum atomic E-state index is 12.0. The third-order valence-electron chi connectivity index (χ3n) is 3.25.